The van der Waals surface area contributed by atoms with Crippen molar-refractivity contribution in [1.29, 1.82) is 0 Å². The molecule has 32 heavy (non-hydrogen) atoms. The summed E-state index contributed by atoms with van der Waals surface area (Å²) in [6.07, 6.45) is 4.30. The molecule has 0 saturated heterocycles. The second-order valence-electron chi connectivity index (χ2n) is 9.69. The van der Waals surface area contributed by atoms with Crippen molar-refractivity contribution in [2.75, 3.05) is 6.61 Å². The van der Waals surface area contributed by atoms with Crippen LogP contribution in [0.1, 0.15) is 64.2 Å². The summed E-state index contributed by atoms with van der Waals surface area (Å²) in [5.41, 5.74) is 2.89. The SMILES string of the molecule is O=C(O)C1CC(O)CCC1NOCC1CCC(NC(=O)C2CCC(O)CC2C(=O)O)CC1. The molecule has 6 atom stereocenters. The molecule has 0 aliphatic heterocycles. The van der Waals surface area contributed by atoms with Crippen molar-refractivity contribution in [3.63, 3.8) is 0 Å². The van der Waals surface area contributed by atoms with Gasteiger partial charge in [0.15, 0.2) is 0 Å². The molecule has 3 saturated carbocycles. The number of carbonyl (C=O) groups is 3. The number of aliphatic carboxylic acids is 2. The maximum Gasteiger partial charge on any atom is 0.308 e. The third-order valence-corrected chi connectivity index (χ3v) is 7.36. The maximum absolute atomic E-state index is 12.7. The first-order chi connectivity index (χ1) is 15.2. The zero-order chi connectivity index (χ0) is 23.3. The Bertz CT molecular complexity index is 666. The number of carboxylic acids is 2. The predicted octanol–water partition coefficient (Wildman–Crippen LogP) is 0.659. The van der Waals surface area contributed by atoms with E-state index in [0.29, 0.717) is 38.2 Å². The van der Waals surface area contributed by atoms with Gasteiger partial charge in [-0.1, -0.05) is 0 Å². The molecule has 0 aromatic carbocycles. The highest BCUT2D eigenvalue weighted by Gasteiger charge is 2.40. The molecule has 10 nitrogen and oxygen atoms in total. The number of carboxylic acid groups (broad SMARTS) is 2. The normalized spacial score (nSPS) is 38.1. The van der Waals surface area contributed by atoms with Crippen molar-refractivity contribution in [3.8, 4) is 0 Å². The number of hydrogen-bond acceptors (Lipinski definition) is 7. The minimum absolute atomic E-state index is 0.00391. The van der Waals surface area contributed by atoms with Crippen LogP contribution in [0.4, 0.5) is 0 Å². The fourth-order valence-corrected chi connectivity index (χ4v) is 5.35. The van der Waals surface area contributed by atoms with Gasteiger partial charge in [-0.25, -0.2) is 0 Å². The smallest absolute Gasteiger partial charge is 0.308 e. The molecule has 0 heterocycles. The van der Waals surface area contributed by atoms with Crippen LogP contribution < -0.4 is 10.8 Å². The Balaban J connectivity index is 1.37. The summed E-state index contributed by atoms with van der Waals surface area (Å²) < 4.78 is 0. The molecule has 0 bridgehead atoms. The van der Waals surface area contributed by atoms with Crippen molar-refractivity contribution in [3.05, 3.63) is 0 Å². The number of hydrogen-bond donors (Lipinski definition) is 6. The summed E-state index contributed by atoms with van der Waals surface area (Å²) in [5, 5.41) is 41.2. The van der Waals surface area contributed by atoms with E-state index in [-0.39, 0.29) is 30.8 Å². The Labute approximate surface area is 187 Å². The van der Waals surface area contributed by atoms with Crippen molar-refractivity contribution < 1.29 is 39.6 Å². The van der Waals surface area contributed by atoms with Crippen LogP contribution >= 0.6 is 0 Å². The number of rotatable bonds is 8. The van der Waals surface area contributed by atoms with Gasteiger partial charge in [-0.2, -0.15) is 5.48 Å². The minimum atomic E-state index is -1.03. The largest absolute Gasteiger partial charge is 0.481 e. The van der Waals surface area contributed by atoms with Crippen molar-refractivity contribution in [1.82, 2.24) is 10.8 Å². The van der Waals surface area contributed by atoms with E-state index in [4.69, 9.17) is 4.84 Å². The molecule has 3 rings (SSSR count). The lowest BCUT2D eigenvalue weighted by atomic mass is 9.77. The van der Waals surface area contributed by atoms with E-state index in [9.17, 15) is 34.8 Å². The number of hydroxylamine groups is 1. The van der Waals surface area contributed by atoms with E-state index in [0.717, 1.165) is 25.7 Å². The van der Waals surface area contributed by atoms with Crippen LogP contribution in [0.15, 0.2) is 0 Å². The van der Waals surface area contributed by atoms with Gasteiger partial charge < -0.3 is 30.6 Å². The van der Waals surface area contributed by atoms with Crippen LogP contribution in [0.2, 0.25) is 0 Å². The van der Waals surface area contributed by atoms with E-state index in [1.54, 1.807) is 0 Å². The highest BCUT2D eigenvalue weighted by atomic mass is 16.6. The summed E-state index contributed by atoms with van der Waals surface area (Å²) in [5.74, 6) is -4.01. The zero-order valence-corrected chi connectivity index (χ0v) is 18.3. The van der Waals surface area contributed by atoms with Gasteiger partial charge in [0.1, 0.15) is 0 Å². The lowest BCUT2D eigenvalue weighted by Gasteiger charge is -2.34. The van der Waals surface area contributed by atoms with Crippen LogP contribution in [-0.2, 0) is 19.2 Å². The van der Waals surface area contributed by atoms with Gasteiger partial charge >= 0.3 is 11.9 Å². The molecule has 0 aromatic heterocycles. The number of carbonyl (C=O) groups excluding carboxylic acids is 1. The van der Waals surface area contributed by atoms with Crippen LogP contribution in [-0.4, -0.2) is 69.2 Å². The summed E-state index contributed by atoms with van der Waals surface area (Å²) in [7, 11) is 0. The van der Waals surface area contributed by atoms with Crippen molar-refractivity contribution in [2.24, 2.45) is 23.7 Å². The monoisotopic (exact) mass is 456 g/mol. The molecule has 0 spiro atoms. The lowest BCUT2D eigenvalue weighted by molar-refractivity contribution is -0.151. The molecule has 0 radical (unpaired) electrons. The molecule has 1 amide bonds. The van der Waals surface area contributed by atoms with Gasteiger partial charge in [0.05, 0.1) is 36.6 Å². The molecule has 10 heteroatoms. The summed E-state index contributed by atoms with van der Waals surface area (Å²) >= 11 is 0. The molecular formula is C22H36N2O8. The third-order valence-electron chi connectivity index (χ3n) is 7.36. The molecule has 182 valence electrons. The average molecular weight is 457 g/mol. The second-order valence-corrected chi connectivity index (χ2v) is 9.69. The Kier molecular flexibility index (Phi) is 8.87. The van der Waals surface area contributed by atoms with E-state index >= 15 is 0 Å². The standard InChI is InChI=1S/C22H36N2O8/c25-14-5-7-16(17(9-14)21(28)29)20(27)23-13-3-1-12(2-4-13)11-32-24-19-8-6-15(26)10-18(19)22(30)31/h12-19,24-26H,1-11H2,(H,23,27)(H,28,29)(H,30,31). The Morgan fingerprint density at radius 3 is 1.97 bits per heavy atom. The van der Waals surface area contributed by atoms with E-state index in [1.165, 1.54) is 0 Å². The van der Waals surface area contributed by atoms with Gasteiger partial charge in [0.25, 0.3) is 0 Å². The Morgan fingerprint density at radius 2 is 1.34 bits per heavy atom. The Hall–Kier alpha value is -1.75. The summed E-state index contributed by atoms with van der Waals surface area (Å²) in [4.78, 5) is 41.2. The Morgan fingerprint density at radius 1 is 0.750 bits per heavy atom. The van der Waals surface area contributed by atoms with Crippen LogP contribution in [0.5, 0.6) is 0 Å². The van der Waals surface area contributed by atoms with Crippen molar-refractivity contribution >= 4 is 17.8 Å². The van der Waals surface area contributed by atoms with Crippen LogP contribution in [0.3, 0.4) is 0 Å². The average Bonchev–Trinajstić information content (AvgIpc) is 2.75. The first kappa shape index (κ1) is 24.9. The maximum atomic E-state index is 12.7. The molecule has 3 fully saturated rings. The van der Waals surface area contributed by atoms with Crippen molar-refractivity contribution in [2.45, 2.75) is 88.5 Å². The molecule has 3 aliphatic carbocycles. The highest BCUT2D eigenvalue weighted by molar-refractivity contribution is 5.85. The fourth-order valence-electron chi connectivity index (χ4n) is 5.35. The van der Waals surface area contributed by atoms with Gasteiger partial charge in [-0.3, -0.25) is 14.4 Å². The molecule has 6 unspecified atom stereocenters. The number of aliphatic hydroxyl groups is 2. The fraction of sp³-hybridized carbons (Fsp3) is 0.864. The third kappa shape index (κ3) is 6.63. The second kappa shape index (κ2) is 11.4. The van der Waals surface area contributed by atoms with Crippen LogP contribution in [0, 0.1) is 23.7 Å². The number of amides is 1. The summed E-state index contributed by atoms with van der Waals surface area (Å²) in [6, 6.07) is -0.313. The highest BCUT2D eigenvalue weighted by Crippen LogP contribution is 2.32. The van der Waals surface area contributed by atoms with E-state index in [2.05, 4.69) is 10.8 Å². The van der Waals surface area contributed by atoms with E-state index < -0.39 is 41.9 Å². The topological polar surface area (TPSA) is 165 Å². The van der Waals surface area contributed by atoms with Gasteiger partial charge in [0, 0.05) is 12.1 Å². The molecule has 6 N–H and O–H groups in total. The lowest BCUT2D eigenvalue weighted by Crippen LogP contribution is -2.47. The zero-order valence-electron chi connectivity index (χ0n) is 18.3. The van der Waals surface area contributed by atoms with Gasteiger partial charge in [-0.05, 0) is 70.1 Å². The molecular weight excluding hydrogens is 420 g/mol. The predicted molar refractivity (Wildman–Crippen MR) is 112 cm³/mol. The molecule has 3 aliphatic rings. The molecule has 0 aromatic rings. The first-order valence-electron chi connectivity index (χ1n) is 11.7. The number of aliphatic hydroxyl groups excluding tert-OH is 2. The van der Waals surface area contributed by atoms with Gasteiger partial charge in [-0.15, -0.1) is 0 Å². The quantitative estimate of drug-likeness (QED) is 0.288. The summed E-state index contributed by atoms with van der Waals surface area (Å²) in [6.45, 7) is 0.452. The van der Waals surface area contributed by atoms with Crippen LogP contribution in [0.25, 0.3) is 0 Å². The van der Waals surface area contributed by atoms with E-state index in [1.807, 2.05) is 0 Å². The number of nitrogens with one attached hydrogen (secondary N) is 2. The van der Waals surface area contributed by atoms with Gasteiger partial charge in [0.2, 0.25) is 5.91 Å². The first-order valence-corrected chi connectivity index (χ1v) is 11.7. The minimum Gasteiger partial charge on any atom is -0.481 e.